The predicted octanol–water partition coefficient (Wildman–Crippen LogP) is 4.48. The molecule has 1 fully saturated rings. The molecule has 0 saturated heterocycles. The highest BCUT2D eigenvalue weighted by Crippen LogP contribution is 2.50. The van der Waals surface area contributed by atoms with Crippen LogP contribution in [0.25, 0.3) is 0 Å². The maximum atomic E-state index is 10.8. The van der Waals surface area contributed by atoms with Gasteiger partial charge in [-0.3, -0.25) is 0 Å². The molecule has 1 atom stereocenters. The van der Waals surface area contributed by atoms with Crippen LogP contribution in [0.5, 0.6) is 5.75 Å². The van der Waals surface area contributed by atoms with Gasteiger partial charge in [0.05, 0.1) is 17.2 Å². The van der Waals surface area contributed by atoms with Gasteiger partial charge in [-0.1, -0.05) is 25.8 Å². The van der Waals surface area contributed by atoms with Gasteiger partial charge in [0, 0.05) is 12.5 Å². The SMILES string of the molecule is CCC1(C(O)c2ccc(OCCOC)c(Br)c2)CCCC1. The molecule has 0 amide bonds. The number of hydrogen-bond acceptors (Lipinski definition) is 3. The highest BCUT2D eigenvalue weighted by atomic mass is 79.9. The minimum atomic E-state index is -0.394. The molecular weight excluding hydrogens is 332 g/mol. The molecule has 1 aliphatic carbocycles. The molecule has 0 spiro atoms. The van der Waals surface area contributed by atoms with Crippen LogP contribution in [-0.4, -0.2) is 25.4 Å². The third kappa shape index (κ3) is 3.79. The Morgan fingerprint density at radius 1 is 1.29 bits per heavy atom. The van der Waals surface area contributed by atoms with Crippen molar-refractivity contribution in [3.8, 4) is 5.75 Å². The first-order chi connectivity index (χ1) is 10.1. The number of halogens is 1. The Bertz CT molecular complexity index is 455. The van der Waals surface area contributed by atoms with Crippen molar-refractivity contribution < 1.29 is 14.6 Å². The second-order valence-corrected chi connectivity index (χ2v) is 6.71. The number of benzene rings is 1. The van der Waals surface area contributed by atoms with Crippen LogP contribution in [0, 0.1) is 5.41 Å². The van der Waals surface area contributed by atoms with Crippen LogP contribution < -0.4 is 4.74 Å². The molecule has 1 aromatic rings. The molecule has 0 radical (unpaired) electrons. The Labute approximate surface area is 135 Å². The van der Waals surface area contributed by atoms with Crippen molar-refractivity contribution in [1.82, 2.24) is 0 Å². The zero-order valence-electron chi connectivity index (χ0n) is 12.9. The molecule has 2 rings (SSSR count). The second kappa shape index (κ2) is 7.61. The zero-order valence-corrected chi connectivity index (χ0v) is 14.5. The van der Waals surface area contributed by atoms with Gasteiger partial charge in [-0.05, 0) is 52.9 Å². The van der Waals surface area contributed by atoms with Crippen LogP contribution >= 0.6 is 15.9 Å². The first-order valence-electron chi connectivity index (χ1n) is 7.72. The lowest BCUT2D eigenvalue weighted by Gasteiger charge is -2.33. The largest absolute Gasteiger partial charge is 0.490 e. The molecule has 118 valence electrons. The van der Waals surface area contributed by atoms with Crippen LogP contribution in [0.15, 0.2) is 22.7 Å². The quantitative estimate of drug-likeness (QED) is 0.732. The predicted molar refractivity (Wildman–Crippen MR) is 87.7 cm³/mol. The first-order valence-corrected chi connectivity index (χ1v) is 8.51. The van der Waals surface area contributed by atoms with Gasteiger partial charge in [0.1, 0.15) is 12.4 Å². The lowest BCUT2D eigenvalue weighted by Crippen LogP contribution is -2.25. The third-order valence-corrected chi connectivity index (χ3v) is 5.32. The van der Waals surface area contributed by atoms with E-state index in [2.05, 4.69) is 22.9 Å². The van der Waals surface area contributed by atoms with Crippen LogP contribution in [-0.2, 0) is 4.74 Å². The van der Waals surface area contributed by atoms with Crippen molar-refractivity contribution in [1.29, 1.82) is 0 Å². The summed E-state index contributed by atoms with van der Waals surface area (Å²) in [7, 11) is 1.66. The van der Waals surface area contributed by atoms with Crippen LogP contribution in [0.3, 0.4) is 0 Å². The number of ether oxygens (including phenoxy) is 2. The van der Waals surface area contributed by atoms with Gasteiger partial charge in [-0.2, -0.15) is 0 Å². The van der Waals surface area contributed by atoms with Crippen molar-refractivity contribution in [3.05, 3.63) is 28.2 Å². The standard InChI is InChI=1S/C17H25BrO3/c1-3-17(8-4-5-9-17)16(19)13-6-7-15(14(18)12-13)21-11-10-20-2/h6-7,12,16,19H,3-5,8-11H2,1-2H3. The van der Waals surface area contributed by atoms with E-state index in [0.717, 1.165) is 35.0 Å². The zero-order chi connectivity index (χ0) is 15.3. The van der Waals surface area contributed by atoms with Crippen molar-refractivity contribution in [2.24, 2.45) is 5.41 Å². The van der Waals surface area contributed by atoms with E-state index in [-0.39, 0.29) is 5.41 Å². The summed E-state index contributed by atoms with van der Waals surface area (Å²) in [4.78, 5) is 0. The van der Waals surface area contributed by atoms with E-state index in [1.165, 1.54) is 12.8 Å². The minimum absolute atomic E-state index is 0.0534. The molecule has 1 aromatic carbocycles. The molecule has 0 bridgehead atoms. The van der Waals surface area contributed by atoms with E-state index in [4.69, 9.17) is 9.47 Å². The fraction of sp³-hybridized carbons (Fsp3) is 0.647. The molecule has 0 heterocycles. The summed E-state index contributed by atoms with van der Waals surface area (Å²) in [6.45, 7) is 3.28. The number of aliphatic hydroxyl groups is 1. The number of methoxy groups -OCH3 is 1. The van der Waals surface area contributed by atoms with Crippen molar-refractivity contribution in [2.75, 3.05) is 20.3 Å². The first kappa shape index (κ1) is 16.8. The van der Waals surface area contributed by atoms with E-state index < -0.39 is 6.10 Å². The van der Waals surface area contributed by atoms with Crippen LogP contribution in [0.1, 0.15) is 50.7 Å². The summed E-state index contributed by atoms with van der Waals surface area (Å²) in [6.07, 6.45) is 5.32. The molecule has 1 saturated carbocycles. The molecule has 4 heteroatoms. The molecule has 0 aliphatic heterocycles. The van der Waals surface area contributed by atoms with Gasteiger partial charge in [0.2, 0.25) is 0 Å². The lowest BCUT2D eigenvalue weighted by molar-refractivity contribution is 0.0237. The van der Waals surface area contributed by atoms with Gasteiger partial charge >= 0.3 is 0 Å². The maximum Gasteiger partial charge on any atom is 0.133 e. The summed E-state index contributed by atoms with van der Waals surface area (Å²) in [5, 5.41) is 10.8. The van der Waals surface area contributed by atoms with Crippen molar-refractivity contribution >= 4 is 15.9 Å². The second-order valence-electron chi connectivity index (χ2n) is 5.86. The molecule has 21 heavy (non-hydrogen) atoms. The summed E-state index contributed by atoms with van der Waals surface area (Å²) >= 11 is 3.54. The van der Waals surface area contributed by atoms with E-state index in [1.54, 1.807) is 7.11 Å². The van der Waals surface area contributed by atoms with Crippen molar-refractivity contribution in [3.63, 3.8) is 0 Å². The average Bonchev–Trinajstić information content (AvgIpc) is 2.98. The fourth-order valence-corrected chi connectivity index (χ4v) is 3.80. The number of rotatable bonds is 7. The molecule has 1 N–H and O–H groups in total. The Kier molecular flexibility index (Phi) is 6.08. The van der Waals surface area contributed by atoms with E-state index in [0.29, 0.717) is 13.2 Å². The van der Waals surface area contributed by atoms with Gasteiger partial charge in [0.25, 0.3) is 0 Å². The average molecular weight is 357 g/mol. The van der Waals surface area contributed by atoms with Gasteiger partial charge in [-0.25, -0.2) is 0 Å². The minimum Gasteiger partial charge on any atom is -0.490 e. The topological polar surface area (TPSA) is 38.7 Å². The smallest absolute Gasteiger partial charge is 0.133 e. The van der Waals surface area contributed by atoms with Crippen LogP contribution in [0.2, 0.25) is 0 Å². The molecular formula is C17H25BrO3. The van der Waals surface area contributed by atoms with E-state index in [9.17, 15) is 5.11 Å². The van der Waals surface area contributed by atoms with Crippen molar-refractivity contribution in [2.45, 2.75) is 45.1 Å². The number of hydrogen-bond donors (Lipinski definition) is 1. The summed E-state index contributed by atoms with van der Waals surface area (Å²) in [5.74, 6) is 0.792. The Morgan fingerprint density at radius 2 is 2.00 bits per heavy atom. The Hall–Kier alpha value is -0.580. The summed E-state index contributed by atoms with van der Waals surface area (Å²) in [6, 6.07) is 5.90. The highest BCUT2D eigenvalue weighted by Gasteiger charge is 2.39. The Balaban J connectivity index is 2.11. The summed E-state index contributed by atoms with van der Waals surface area (Å²) in [5.41, 5.74) is 1.03. The molecule has 0 aromatic heterocycles. The van der Waals surface area contributed by atoms with E-state index >= 15 is 0 Å². The summed E-state index contributed by atoms with van der Waals surface area (Å²) < 4.78 is 11.5. The number of aliphatic hydroxyl groups excluding tert-OH is 1. The van der Waals surface area contributed by atoms with Gasteiger partial charge < -0.3 is 14.6 Å². The lowest BCUT2D eigenvalue weighted by atomic mass is 9.75. The molecule has 1 unspecified atom stereocenters. The fourth-order valence-electron chi connectivity index (χ4n) is 3.29. The highest BCUT2D eigenvalue weighted by molar-refractivity contribution is 9.10. The maximum absolute atomic E-state index is 10.8. The third-order valence-electron chi connectivity index (χ3n) is 4.70. The Morgan fingerprint density at radius 3 is 2.57 bits per heavy atom. The monoisotopic (exact) mass is 356 g/mol. The van der Waals surface area contributed by atoms with Gasteiger partial charge in [-0.15, -0.1) is 0 Å². The van der Waals surface area contributed by atoms with Crippen LogP contribution in [0.4, 0.5) is 0 Å². The normalized spacial score (nSPS) is 18.7. The van der Waals surface area contributed by atoms with Gasteiger partial charge in [0.15, 0.2) is 0 Å². The van der Waals surface area contributed by atoms with E-state index in [1.807, 2.05) is 18.2 Å². The molecule has 1 aliphatic rings. The molecule has 3 nitrogen and oxygen atoms in total.